The minimum atomic E-state index is -0.111. The monoisotopic (exact) mass is 302 g/mol. The Bertz CT molecular complexity index is 709. The molecule has 5 heteroatoms. The zero-order valence-corrected chi connectivity index (χ0v) is 13.2. The Morgan fingerprint density at radius 2 is 2.14 bits per heavy atom. The zero-order valence-electron chi connectivity index (χ0n) is 12.3. The van der Waals surface area contributed by atoms with E-state index in [0.717, 1.165) is 16.9 Å². The van der Waals surface area contributed by atoms with Crippen LogP contribution in [-0.2, 0) is 6.54 Å². The number of hydrogen-bond donors (Lipinski definition) is 1. The number of pyridine rings is 1. The van der Waals surface area contributed by atoms with Gasteiger partial charge in [-0.05, 0) is 25.1 Å². The maximum absolute atomic E-state index is 12.5. The molecule has 1 N–H and O–H groups in total. The van der Waals surface area contributed by atoms with Crippen LogP contribution in [0.3, 0.4) is 0 Å². The molecule has 0 radical (unpaired) electrons. The smallest absolute Gasteiger partial charge is 0.256 e. The molecule has 4 nitrogen and oxygen atoms in total. The molecule has 0 atom stereocenters. The number of carbonyl (C=O) groups excluding carboxylic acids is 1. The molecule has 0 saturated carbocycles. The molecule has 1 aromatic carbocycles. The Hall–Kier alpha value is -2.14. The molecule has 0 saturated heterocycles. The highest BCUT2D eigenvalue weighted by atomic mass is 32.1. The van der Waals surface area contributed by atoms with Crippen LogP contribution in [0.5, 0.6) is 5.75 Å². The molecule has 0 aliphatic carbocycles. The molecule has 1 heterocycles. The molecule has 110 valence electrons. The number of carbonyl (C=O) groups is 1. The first-order chi connectivity index (χ1) is 10.0. The Morgan fingerprint density at radius 1 is 1.38 bits per heavy atom. The summed E-state index contributed by atoms with van der Waals surface area (Å²) in [4.78, 5) is 17.0. The Kier molecular flexibility index (Phi) is 4.75. The van der Waals surface area contributed by atoms with Gasteiger partial charge in [0, 0.05) is 25.4 Å². The van der Waals surface area contributed by atoms with E-state index in [-0.39, 0.29) is 5.91 Å². The second-order valence-electron chi connectivity index (χ2n) is 4.89. The maximum Gasteiger partial charge on any atom is 0.256 e. The third kappa shape index (κ3) is 3.49. The lowest BCUT2D eigenvalue weighted by Gasteiger charge is -2.19. The summed E-state index contributed by atoms with van der Waals surface area (Å²) in [6.45, 7) is 2.48. The van der Waals surface area contributed by atoms with Gasteiger partial charge in [-0.3, -0.25) is 4.79 Å². The number of methoxy groups -OCH3 is 1. The van der Waals surface area contributed by atoms with Gasteiger partial charge in [0.05, 0.1) is 12.7 Å². The van der Waals surface area contributed by atoms with Crippen LogP contribution in [0.15, 0.2) is 36.5 Å². The van der Waals surface area contributed by atoms with E-state index in [9.17, 15) is 4.79 Å². The number of amides is 1. The van der Waals surface area contributed by atoms with Crippen LogP contribution >= 0.6 is 12.2 Å². The number of nitrogens with one attached hydrogen (secondary N) is 1. The average molecular weight is 302 g/mol. The van der Waals surface area contributed by atoms with Gasteiger partial charge in [-0.25, -0.2) is 0 Å². The number of aryl methyl sites for hydroxylation is 1. The van der Waals surface area contributed by atoms with Gasteiger partial charge < -0.3 is 14.6 Å². The Labute approximate surface area is 129 Å². The molecular formula is C16H18N2O2S. The number of rotatable bonds is 4. The van der Waals surface area contributed by atoms with E-state index in [2.05, 4.69) is 4.98 Å². The average Bonchev–Trinajstić information content (AvgIpc) is 2.47. The molecule has 21 heavy (non-hydrogen) atoms. The topological polar surface area (TPSA) is 45.3 Å². The minimum Gasteiger partial charge on any atom is -0.496 e. The zero-order chi connectivity index (χ0) is 15.4. The van der Waals surface area contributed by atoms with Gasteiger partial charge in [-0.2, -0.15) is 0 Å². The number of benzene rings is 1. The maximum atomic E-state index is 12.5. The van der Waals surface area contributed by atoms with E-state index < -0.39 is 0 Å². The molecular weight excluding hydrogens is 284 g/mol. The molecule has 0 unspecified atom stereocenters. The lowest BCUT2D eigenvalue weighted by Crippen LogP contribution is -2.26. The third-order valence-corrected chi connectivity index (χ3v) is 3.58. The van der Waals surface area contributed by atoms with E-state index in [1.165, 1.54) is 0 Å². The molecule has 2 rings (SSSR count). The normalized spacial score (nSPS) is 10.2. The fourth-order valence-electron chi connectivity index (χ4n) is 2.15. The third-order valence-electron chi connectivity index (χ3n) is 3.24. The van der Waals surface area contributed by atoms with Gasteiger partial charge in [0.15, 0.2) is 0 Å². The van der Waals surface area contributed by atoms with Gasteiger partial charge in [-0.15, -0.1) is 0 Å². The predicted octanol–water partition coefficient (Wildman–Crippen LogP) is 3.33. The summed E-state index contributed by atoms with van der Waals surface area (Å²) in [5.41, 5.74) is 2.60. The summed E-state index contributed by atoms with van der Waals surface area (Å²) in [6, 6.07) is 9.42. The van der Waals surface area contributed by atoms with Crippen molar-refractivity contribution in [3.05, 3.63) is 57.9 Å². The first-order valence-electron chi connectivity index (χ1n) is 6.59. The first-order valence-corrected chi connectivity index (χ1v) is 7.00. The first kappa shape index (κ1) is 15.3. The quantitative estimate of drug-likeness (QED) is 0.881. The van der Waals surface area contributed by atoms with E-state index in [1.54, 1.807) is 37.4 Å². The van der Waals surface area contributed by atoms with Crippen LogP contribution in [0.1, 0.15) is 21.5 Å². The molecule has 0 bridgehead atoms. The van der Waals surface area contributed by atoms with E-state index >= 15 is 0 Å². The van der Waals surface area contributed by atoms with Gasteiger partial charge in [0.25, 0.3) is 5.91 Å². The molecule has 0 aliphatic heterocycles. The van der Waals surface area contributed by atoms with Crippen LogP contribution in [0, 0.1) is 11.6 Å². The Morgan fingerprint density at radius 3 is 2.81 bits per heavy atom. The second kappa shape index (κ2) is 6.54. The summed E-state index contributed by atoms with van der Waals surface area (Å²) < 4.78 is 5.80. The highest BCUT2D eigenvalue weighted by Gasteiger charge is 2.15. The summed E-state index contributed by atoms with van der Waals surface area (Å²) >= 11 is 5.15. The predicted molar refractivity (Wildman–Crippen MR) is 85.2 cm³/mol. The van der Waals surface area contributed by atoms with Crippen LogP contribution in [-0.4, -0.2) is 29.9 Å². The standard InChI is InChI=1S/C16H18N2O2S/c1-11-6-7-14(20-3)12(9-11)10-18(2)16(19)13-5-4-8-17-15(13)21/h4-9H,10H2,1-3H3,(H,17,21). The minimum absolute atomic E-state index is 0.111. The van der Waals surface area contributed by atoms with Crippen LogP contribution in [0.4, 0.5) is 0 Å². The van der Waals surface area contributed by atoms with E-state index in [4.69, 9.17) is 17.0 Å². The molecule has 0 fully saturated rings. The van der Waals surface area contributed by atoms with Crippen molar-refractivity contribution in [2.45, 2.75) is 13.5 Å². The fourth-order valence-corrected chi connectivity index (χ4v) is 2.38. The number of H-pyrrole nitrogens is 1. The summed E-state index contributed by atoms with van der Waals surface area (Å²) in [5.74, 6) is 0.666. The molecule has 0 aliphatic rings. The number of ether oxygens (including phenoxy) is 1. The van der Waals surface area contributed by atoms with Crippen LogP contribution in [0.25, 0.3) is 0 Å². The van der Waals surface area contributed by atoms with Gasteiger partial charge in [0.2, 0.25) is 0 Å². The highest BCUT2D eigenvalue weighted by molar-refractivity contribution is 7.71. The van der Waals surface area contributed by atoms with Crippen molar-refractivity contribution in [1.29, 1.82) is 0 Å². The number of aromatic nitrogens is 1. The van der Waals surface area contributed by atoms with E-state index in [1.807, 2.05) is 25.1 Å². The van der Waals surface area contributed by atoms with Crippen molar-refractivity contribution in [1.82, 2.24) is 9.88 Å². The van der Waals surface area contributed by atoms with Crippen molar-refractivity contribution >= 4 is 18.1 Å². The summed E-state index contributed by atoms with van der Waals surface area (Å²) in [7, 11) is 3.38. The highest BCUT2D eigenvalue weighted by Crippen LogP contribution is 2.21. The summed E-state index contributed by atoms with van der Waals surface area (Å²) in [5, 5.41) is 0. The number of aromatic amines is 1. The number of nitrogens with zero attached hydrogens (tertiary/aromatic N) is 1. The lowest BCUT2D eigenvalue weighted by molar-refractivity contribution is 0.0783. The van der Waals surface area contributed by atoms with Crippen molar-refractivity contribution in [2.24, 2.45) is 0 Å². The lowest BCUT2D eigenvalue weighted by atomic mass is 10.1. The SMILES string of the molecule is COc1ccc(C)cc1CN(C)C(=O)c1ccc[nH]c1=S. The van der Waals surface area contributed by atoms with Crippen molar-refractivity contribution in [2.75, 3.05) is 14.2 Å². The van der Waals surface area contributed by atoms with E-state index in [0.29, 0.717) is 16.7 Å². The van der Waals surface area contributed by atoms with Crippen molar-refractivity contribution in [3.63, 3.8) is 0 Å². The van der Waals surface area contributed by atoms with Crippen LogP contribution < -0.4 is 4.74 Å². The van der Waals surface area contributed by atoms with Crippen molar-refractivity contribution in [3.8, 4) is 5.75 Å². The van der Waals surface area contributed by atoms with Crippen molar-refractivity contribution < 1.29 is 9.53 Å². The van der Waals surface area contributed by atoms with Gasteiger partial charge in [0.1, 0.15) is 10.4 Å². The Balaban J connectivity index is 2.24. The fraction of sp³-hybridized carbons (Fsp3) is 0.250. The van der Waals surface area contributed by atoms with Gasteiger partial charge >= 0.3 is 0 Å². The molecule has 0 spiro atoms. The molecule has 1 amide bonds. The number of hydrogen-bond acceptors (Lipinski definition) is 3. The second-order valence-corrected chi connectivity index (χ2v) is 5.30. The largest absolute Gasteiger partial charge is 0.496 e. The van der Waals surface area contributed by atoms with Crippen LogP contribution in [0.2, 0.25) is 0 Å². The molecule has 1 aromatic heterocycles. The molecule has 2 aromatic rings. The van der Waals surface area contributed by atoms with Gasteiger partial charge in [-0.1, -0.05) is 29.9 Å². The summed E-state index contributed by atoms with van der Waals surface area (Å²) in [6.07, 6.45) is 1.71.